The predicted molar refractivity (Wildman–Crippen MR) is 82.6 cm³/mol. The maximum atomic E-state index is 12.4. The van der Waals surface area contributed by atoms with Crippen molar-refractivity contribution >= 4 is 30.6 Å². The minimum Gasteiger partial charge on any atom is -0.378 e. The van der Waals surface area contributed by atoms with Gasteiger partial charge < -0.3 is 15.1 Å². The van der Waals surface area contributed by atoms with Crippen LogP contribution in [0.5, 0.6) is 0 Å². The van der Waals surface area contributed by atoms with Crippen molar-refractivity contribution < 1.29 is 19.7 Å². The highest BCUT2D eigenvalue weighted by atomic mass is 35.5. The molecule has 4 nitrogen and oxygen atoms in total. The molecule has 0 radical (unpaired) electrons. The number of halogens is 2. The summed E-state index contributed by atoms with van der Waals surface area (Å²) in [5.74, 6) is -3.42. The lowest BCUT2D eigenvalue weighted by molar-refractivity contribution is 0.186. The lowest BCUT2D eigenvalue weighted by atomic mass is 10.2. The van der Waals surface area contributed by atoms with E-state index in [2.05, 4.69) is 0 Å². The molecule has 2 rings (SSSR count). The summed E-state index contributed by atoms with van der Waals surface area (Å²) < 4.78 is 12.4. The monoisotopic (exact) mass is 346 g/mol. The molecule has 0 spiro atoms. The number of aliphatic hydroxyl groups excluding tert-OH is 2. The van der Waals surface area contributed by atoms with Crippen molar-refractivity contribution in [3.63, 3.8) is 0 Å². The third-order valence-electron chi connectivity index (χ3n) is 3.04. The molecule has 0 heterocycles. The highest BCUT2D eigenvalue weighted by Crippen LogP contribution is 2.63. The molecular formula is C14H13Cl2O4P. The SMILES string of the molecule is O=P(O)([C@H](O)c1ccc(Cl)cc1)[C@H](O)c1ccc(Cl)cc1. The van der Waals surface area contributed by atoms with Crippen molar-refractivity contribution in [3.05, 3.63) is 69.7 Å². The largest absolute Gasteiger partial charge is 0.378 e. The van der Waals surface area contributed by atoms with Crippen molar-refractivity contribution in [2.75, 3.05) is 0 Å². The molecule has 0 aliphatic rings. The van der Waals surface area contributed by atoms with E-state index in [1.807, 2.05) is 0 Å². The fraction of sp³-hybridized carbons (Fsp3) is 0.143. The van der Waals surface area contributed by atoms with Crippen LogP contribution in [0.3, 0.4) is 0 Å². The molecule has 0 bridgehead atoms. The van der Waals surface area contributed by atoms with Crippen molar-refractivity contribution in [1.29, 1.82) is 0 Å². The summed E-state index contributed by atoms with van der Waals surface area (Å²) in [6.07, 6.45) is 0. The summed E-state index contributed by atoms with van der Waals surface area (Å²) in [6, 6.07) is 11.7. The van der Waals surface area contributed by atoms with E-state index in [4.69, 9.17) is 23.2 Å². The molecule has 0 aliphatic heterocycles. The van der Waals surface area contributed by atoms with Gasteiger partial charge in [-0.1, -0.05) is 47.5 Å². The molecule has 112 valence electrons. The fourth-order valence-electron chi connectivity index (χ4n) is 1.83. The van der Waals surface area contributed by atoms with Crippen LogP contribution < -0.4 is 0 Å². The summed E-state index contributed by atoms with van der Waals surface area (Å²) in [5.41, 5.74) is 0.413. The second-order valence-electron chi connectivity index (χ2n) is 4.52. The van der Waals surface area contributed by atoms with Gasteiger partial charge in [0.05, 0.1) is 0 Å². The molecule has 0 amide bonds. The Balaban J connectivity index is 2.29. The number of aliphatic hydroxyl groups is 2. The summed E-state index contributed by atoms with van der Waals surface area (Å²) in [5, 5.41) is 21.0. The minimum absolute atomic E-state index is 0.207. The van der Waals surface area contributed by atoms with E-state index in [1.54, 1.807) is 0 Å². The Morgan fingerprint density at radius 1 is 0.762 bits per heavy atom. The summed E-state index contributed by atoms with van der Waals surface area (Å²) in [6.45, 7) is 0. The third-order valence-corrected chi connectivity index (χ3v) is 5.54. The topological polar surface area (TPSA) is 77.8 Å². The van der Waals surface area contributed by atoms with E-state index < -0.39 is 19.1 Å². The molecule has 0 saturated heterocycles. The molecular weight excluding hydrogens is 334 g/mol. The van der Waals surface area contributed by atoms with E-state index in [1.165, 1.54) is 48.5 Å². The number of hydrogen-bond donors (Lipinski definition) is 3. The molecule has 2 atom stereocenters. The van der Waals surface area contributed by atoms with Crippen molar-refractivity contribution in [2.45, 2.75) is 11.7 Å². The molecule has 0 unspecified atom stereocenters. The van der Waals surface area contributed by atoms with Gasteiger partial charge in [-0.25, -0.2) is 0 Å². The summed E-state index contributed by atoms with van der Waals surface area (Å²) >= 11 is 11.5. The highest BCUT2D eigenvalue weighted by Gasteiger charge is 2.39. The molecule has 2 aromatic carbocycles. The van der Waals surface area contributed by atoms with Gasteiger partial charge in [0, 0.05) is 10.0 Å². The zero-order valence-corrected chi connectivity index (χ0v) is 13.1. The first-order chi connectivity index (χ1) is 9.82. The Labute approximate surface area is 132 Å². The van der Waals surface area contributed by atoms with Gasteiger partial charge in [-0.2, -0.15) is 0 Å². The Hall–Kier alpha value is -0.870. The van der Waals surface area contributed by atoms with Gasteiger partial charge >= 0.3 is 0 Å². The van der Waals surface area contributed by atoms with Crippen LogP contribution in [-0.4, -0.2) is 15.1 Å². The van der Waals surface area contributed by atoms with Gasteiger partial charge in [0.2, 0.25) is 0 Å². The zero-order valence-electron chi connectivity index (χ0n) is 10.7. The smallest absolute Gasteiger partial charge is 0.264 e. The molecule has 0 saturated carbocycles. The highest BCUT2D eigenvalue weighted by molar-refractivity contribution is 7.58. The Morgan fingerprint density at radius 2 is 1.05 bits per heavy atom. The molecule has 3 N–H and O–H groups in total. The Morgan fingerprint density at radius 3 is 1.33 bits per heavy atom. The average molecular weight is 347 g/mol. The van der Waals surface area contributed by atoms with Crippen LogP contribution in [0.1, 0.15) is 22.8 Å². The Bertz CT molecular complexity index is 602. The van der Waals surface area contributed by atoms with Crippen LogP contribution >= 0.6 is 30.6 Å². The second kappa shape index (κ2) is 6.49. The van der Waals surface area contributed by atoms with E-state index in [9.17, 15) is 19.7 Å². The first-order valence-corrected chi connectivity index (χ1v) is 8.57. The van der Waals surface area contributed by atoms with Gasteiger partial charge in [-0.3, -0.25) is 4.57 Å². The maximum absolute atomic E-state index is 12.4. The third kappa shape index (κ3) is 3.67. The first kappa shape index (κ1) is 16.5. The predicted octanol–water partition coefficient (Wildman–Crippen LogP) is 3.95. The number of hydrogen-bond acceptors (Lipinski definition) is 3. The average Bonchev–Trinajstić information content (AvgIpc) is 2.47. The quantitative estimate of drug-likeness (QED) is 0.732. The van der Waals surface area contributed by atoms with Crippen LogP contribution in [0.25, 0.3) is 0 Å². The van der Waals surface area contributed by atoms with Gasteiger partial charge in [0.25, 0.3) is 7.37 Å². The van der Waals surface area contributed by atoms with Crippen molar-refractivity contribution in [2.24, 2.45) is 0 Å². The molecule has 0 aliphatic carbocycles. The van der Waals surface area contributed by atoms with Gasteiger partial charge in [-0.15, -0.1) is 0 Å². The fourth-order valence-corrected chi connectivity index (χ4v) is 3.55. The molecule has 7 heteroatoms. The minimum atomic E-state index is -4.32. The summed E-state index contributed by atoms with van der Waals surface area (Å²) in [4.78, 5) is 10.1. The second-order valence-corrected chi connectivity index (χ2v) is 7.72. The van der Waals surface area contributed by atoms with E-state index in [-0.39, 0.29) is 11.1 Å². The normalized spacial score (nSPS) is 14.7. The van der Waals surface area contributed by atoms with E-state index in [0.29, 0.717) is 10.0 Å². The molecule has 21 heavy (non-hydrogen) atoms. The van der Waals surface area contributed by atoms with E-state index >= 15 is 0 Å². The first-order valence-electron chi connectivity index (χ1n) is 6.01. The van der Waals surface area contributed by atoms with Gasteiger partial charge in [-0.05, 0) is 35.4 Å². The van der Waals surface area contributed by atoms with Crippen LogP contribution in [0, 0.1) is 0 Å². The van der Waals surface area contributed by atoms with Gasteiger partial charge in [0.15, 0.2) is 11.7 Å². The summed E-state index contributed by atoms with van der Waals surface area (Å²) in [7, 11) is -4.32. The number of benzene rings is 2. The van der Waals surface area contributed by atoms with Crippen molar-refractivity contribution in [1.82, 2.24) is 0 Å². The molecule has 0 fully saturated rings. The molecule has 2 aromatic rings. The van der Waals surface area contributed by atoms with Crippen LogP contribution in [0.4, 0.5) is 0 Å². The lowest BCUT2D eigenvalue weighted by Gasteiger charge is -2.23. The maximum Gasteiger partial charge on any atom is 0.264 e. The standard InChI is InChI=1S/C14H13Cl2O4P/c15-11-5-1-9(2-6-11)13(17)21(19,20)14(18)10-3-7-12(16)8-4-10/h1-8,13-14,17-18H,(H,19,20)/t13-,14-/m0/s1. The zero-order chi connectivity index (χ0) is 15.6. The van der Waals surface area contributed by atoms with E-state index in [0.717, 1.165) is 0 Å². The Kier molecular flexibility index (Phi) is 5.10. The lowest BCUT2D eigenvalue weighted by Crippen LogP contribution is -2.07. The van der Waals surface area contributed by atoms with Crippen LogP contribution in [-0.2, 0) is 4.57 Å². The van der Waals surface area contributed by atoms with Crippen LogP contribution in [0.2, 0.25) is 10.0 Å². The number of rotatable bonds is 4. The van der Waals surface area contributed by atoms with Crippen LogP contribution in [0.15, 0.2) is 48.5 Å². The molecule has 0 aromatic heterocycles. The van der Waals surface area contributed by atoms with Gasteiger partial charge in [0.1, 0.15) is 0 Å². The van der Waals surface area contributed by atoms with Crippen molar-refractivity contribution in [3.8, 4) is 0 Å².